The summed E-state index contributed by atoms with van der Waals surface area (Å²) >= 11 is 0. The lowest BCUT2D eigenvalue weighted by Gasteiger charge is -2.36. The highest BCUT2D eigenvalue weighted by Gasteiger charge is 2.26. The van der Waals surface area contributed by atoms with Gasteiger partial charge in [0.15, 0.2) is 0 Å². The van der Waals surface area contributed by atoms with E-state index >= 15 is 0 Å². The number of nitrogens with zero attached hydrogens (tertiary/aromatic N) is 2. The molecule has 0 radical (unpaired) electrons. The first-order valence-electron chi connectivity index (χ1n) is 13.5. The molecule has 1 fully saturated rings. The molecular weight excluding hydrogens is 504 g/mol. The molecule has 40 heavy (non-hydrogen) atoms. The Bertz CT molecular complexity index is 1460. The molecule has 0 bridgehead atoms. The minimum Gasteiger partial charge on any atom is -0.497 e. The molecule has 0 saturated carbocycles. The smallest absolute Gasteiger partial charge is 0.337 e. The fourth-order valence-corrected chi connectivity index (χ4v) is 5.10. The van der Waals surface area contributed by atoms with Gasteiger partial charge in [0.05, 0.1) is 32.5 Å². The van der Waals surface area contributed by atoms with Crippen LogP contribution in [0, 0.1) is 0 Å². The normalized spacial score (nSPS) is 14.6. The average Bonchev–Trinajstić information content (AvgIpc) is 3.02. The van der Waals surface area contributed by atoms with Crippen LogP contribution in [-0.4, -0.2) is 68.6 Å². The summed E-state index contributed by atoms with van der Waals surface area (Å²) in [5.41, 5.74) is 3.25. The summed E-state index contributed by atoms with van der Waals surface area (Å²) in [7, 11) is 3.03. The van der Waals surface area contributed by atoms with Gasteiger partial charge in [0, 0.05) is 38.3 Å². The van der Waals surface area contributed by atoms with Crippen LogP contribution in [0.2, 0.25) is 0 Å². The van der Waals surface area contributed by atoms with Gasteiger partial charge in [-0.2, -0.15) is 0 Å². The Labute approximate surface area is 234 Å². The van der Waals surface area contributed by atoms with Gasteiger partial charge >= 0.3 is 5.97 Å². The molecule has 5 rings (SSSR count). The Hall–Kier alpha value is -4.20. The fourth-order valence-electron chi connectivity index (χ4n) is 5.10. The van der Waals surface area contributed by atoms with Crippen molar-refractivity contribution in [3.05, 3.63) is 113 Å². The van der Waals surface area contributed by atoms with E-state index < -0.39 is 0 Å². The van der Waals surface area contributed by atoms with Gasteiger partial charge < -0.3 is 19.1 Å². The predicted octanol–water partition coefficient (Wildman–Crippen LogP) is 5.35. The van der Waals surface area contributed by atoms with Crippen molar-refractivity contribution in [2.75, 3.05) is 46.9 Å². The SMILES string of the molecule is COC(=O)c1ccc(CO[C@@H](CN2CCN(C(=O)c3cccc4ccccc34)CC2)c2cccc(OC)c2)cc1. The molecule has 206 valence electrons. The van der Waals surface area contributed by atoms with Crippen molar-refractivity contribution >= 4 is 22.6 Å². The van der Waals surface area contributed by atoms with E-state index in [0.717, 1.165) is 46.3 Å². The number of piperazine rings is 1. The third kappa shape index (κ3) is 6.33. The molecular formula is C33H34N2O5. The van der Waals surface area contributed by atoms with E-state index in [9.17, 15) is 9.59 Å². The van der Waals surface area contributed by atoms with Gasteiger partial charge in [-0.1, -0.05) is 60.7 Å². The third-order valence-corrected chi connectivity index (χ3v) is 7.40. The third-order valence-electron chi connectivity index (χ3n) is 7.40. The fraction of sp³-hybridized carbons (Fsp3) is 0.273. The Morgan fingerprint density at radius 2 is 1.55 bits per heavy atom. The Morgan fingerprint density at radius 3 is 2.30 bits per heavy atom. The van der Waals surface area contributed by atoms with Gasteiger partial charge in [0.2, 0.25) is 0 Å². The highest BCUT2D eigenvalue weighted by Crippen LogP contribution is 2.26. The lowest BCUT2D eigenvalue weighted by atomic mass is 10.0. The van der Waals surface area contributed by atoms with Crippen molar-refractivity contribution in [3.63, 3.8) is 0 Å². The van der Waals surface area contributed by atoms with Gasteiger partial charge in [0.1, 0.15) is 5.75 Å². The van der Waals surface area contributed by atoms with Crippen LogP contribution in [0.5, 0.6) is 5.75 Å². The summed E-state index contributed by atoms with van der Waals surface area (Å²) in [6.07, 6.45) is -0.198. The zero-order chi connectivity index (χ0) is 27.9. The molecule has 1 heterocycles. The van der Waals surface area contributed by atoms with E-state index in [2.05, 4.69) is 4.90 Å². The molecule has 0 spiro atoms. The van der Waals surface area contributed by atoms with Crippen molar-refractivity contribution in [3.8, 4) is 5.75 Å². The second-order valence-corrected chi connectivity index (χ2v) is 9.88. The van der Waals surface area contributed by atoms with Gasteiger partial charge in [-0.05, 0) is 52.2 Å². The van der Waals surface area contributed by atoms with Crippen LogP contribution in [0.15, 0.2) is 91.0 Å². The van der Waals surface area contributed by atoms with Crippen LogP contribution < -0.4 is 4.74 Å². The van der Waals surface area contributed by atoms with E-state index in [4.69, 9.17) is 14.2 Å². The van der Waals surface area contributed by atoms with E-state index in [-0.39, 0.29) is 18.0 Å². The molecule has 0 N–H and O–H groups in total. The van der Waals surface area contributed by atoms with E-state index in [1.165, 1.54) is 7.11 Å². The predicted molar refractivity (Wildman–Crippen MR) is 155 cm³/mol. The number of hydrogen-bond donors (Lipinski definition) is 0. The molecule has 7 nitrogen and oxygen atoms in total. The number of methoxy groups -OCH3 is 2. The first kappa shape index (κ1) is 27.4. The molecule has 4 aromatic rings. The van der Waals surface area contributed by atoms with Crippen molar-refractivity contribution in [1.82, 2.24) is 9.80 Å². The molecule has 0 aliphatic carbocycles. The summed E-state index contributed by atoms with van der Waals surface area (Å²) in [4.78, 5) is 29.5. The highest BCUT2D eigenvalue weighted by molar-refractivity contribution is 6.07. The van der Waals surface area contributed by atoms with Gasteiger partial charge in [-0.25, -0.2) is 4.79 Å². The Balaban J connectivity index is 1.25. The van der Waals surface area contributed by atoms with Crippen molar-refractivity contribution in [2.24, 2.45) is 0 Å². The number of fused-ring (bicyclic) bond motifs is 1. The average molecular weight is 539 g/mol. The van der Waals surface area contributed by atoms with Crippen LogP contribution >= 0.6 is 0 Å². The lowest BCUT2D eigenvalue weighted by Crippen LogP contribution is -2.49. The van der Waals surface area contributed by atoms with Crippen LogP contribution in [-0.2, 0) is 16.1 Å². The molecule has 4 aromatic carbocycles. The van der Waals surface area contributed by atoms with Gasteiger partial charge in [-0.3, -0.25) is 9.69 Å². The number of benzene rings is 4. The second-order valence-electron chi connectivity index (χ2n) is 9.88. The molecule has 0 aromatic heterocycles. The molecule has 1 aliphatic heterocycles. The van der Waals surface area contributed by atoms with Gasteiger partial charge in [-0.15, -0.1) is 0 Å². The van der Waals surface area contributed by atoms with Crippen molar-refractivity contribution in [1.29, 1.82) is 0 Å². The largest absolute Gasteiger partial charge is 0.497 e. The number of rotatable bonds is 9. The number of carbonyl (C=O) groups is 2. The maximum Gasteiger partial charge on any atom is 0.337 e. The summed E-state index contributed by atoms with van der Waals surface area (Å²) in [5, 5.41) is 2.06. The van der Waals surface area contributed by atoms with E-state index in [1.54, 1.807) is 19.2 Å². The number of esters is 1. The summed E-state index contributed by atoms with van der Waals surface area (Å²) in [6, 6.07) is 29.1. The topological polar surface area (TPSA) is 68.3 Å². The number of carbonyl (C=O) groups excluding carboxylic acids is 2. The summed E-state index contributed by atoms with van der Waals surface area (Å²) in [5.74, 6) is 0.492. The standard InChI is InChI=1S/C33H34N2O5/c1-38-28-10-5-9-27(21-28)31(40-23-24-13-15-26(16-14-24)33(37)39-2)22-34-17-19-35(20-18-34)32(36)30-12-6-8-25-7-3-4-11-29(25)30/h3-16,21,31H,17-20,22-23H2,1-2H3/t31-/m0/s1. The van der Waals surface area contributed by atoms with Crippen LogP contribution in [0.1, 0.15) is 37.9 Å². The Kier molecular flexibility index (Phi) is 8.74. The maximum absolute atomic E-state index is 13.4. The number of ether oxygens (including phenoxy) is 3. The van der Waals surface area contributed by atoms with Crippen molar-refractivity contribution < 1.29 is 23.8 Å². The molecule has 1 atom stereocenters. The minimum atomic E-state index is -0.361. The first-order valence-corrected chi connectivity index (χ1v) is 13.5. The zero-order valence-electron chi connectivity index (χ0n) is 22.9. The monoisotopic (exact) mass is 538 g/mol. The summed E-state index contributed by atoms with van der Waals surface area (Å²) < 4.78 is 16.7. The van der Waals surface area contributed by atoms with Crippen LogP contribution in [0.3, 0.4) is 0 Å². The van der Waals surface area contributed by atoms with E-state index in [1.807, 2.05) is 83.8 Å². The maximum atomic E-state index is 13.4. The molecule has 7 heteroatoms. The van der Waals surface area contributed by atoms with Crippen LogP contribution in [0.25, 0.3) is 10.8 Å². The number of hydrogen-bond acceptors (Lipinski definition) is 6. The molecule has 1 saturated heterocycles. The Morgan fingerprint density at radius 1 is 0.825 bits per heavy atom. The molecule has 1 aliphatic rings. The van der Waals surface area contributed by atoms with Crippen LogP contribution in [0.4, 0.5) is 0 Å². The first-order chi connectivity index (χ1) is 19.6. The van der Waals surface area contributed by atoms with Crippen molar-refractivity contribution in [2.45, 2.75) is 12.7 Å². The highest BCUT2D eigenvalue weighted by atomic mass is 16.5. The minimum absolute atomic E-state index is 0.0763. The van der Waals surface area contributed by atoms with Gasteiger partial charge in [0.25, 0.3) is 5.91 Å². The number of amides is 1. The molecule has 1 amide bonds. The quantitative estimate of drug-likeness (QED) is 0.268. The lowest BCUT2D eigenvalue weighted by molar-refractivity contribution is 0.00333. The second kappa shape index (κ2) is 12.8. The zero-order valence-corrected chi connectivity index (χ0v) is 22.9. The summed E-state index contributed by atoms with van der Waals surface area (Å²) in [6.45, 7) is 3.90. The van der Waals surface area contributed by atoms with E-state index in [0.29, 0.717) is 31.8 Å². The molecule has 0 unspecified atom stereocenters.